The predicted octanol–water partition coefficient (Wildman–Crippen LogP) is 2.52. The number of nitrogens with one attached hydrogen (secondary N) is 1. The number of rotatable bonds is 7. The Kier molecular flexibility index (Phi) is 5.99. The molecule has 1 aliphatic heterocycles. The maximum Gasteiger partial charge on any atom is 0.294 e. The van der Waals surface area contributed by atoms with Crippen molar-refractivity contribution in [1.29, 1.82) is 0 Å². The minimum Gasteiger partial charge on any atom is -0.505 e. The number of aromatic hydroxyl groups is 1. The van der Waals surface area contributed by atoms with E-state index >= 15 is 0 Å². The average molecular weight is 336 g/mol. The van der Waals surface area contributed by atoms with Gasteiger partial charge in [-0.1, -0.05) is 13.8 Å². The highest BCUT2D eigenvalue weighted by Gasteiger charge is 2.43. The highest BCUT2D eigenvalue weighted by Crippen LogP contribution is 2.35. The molecule has 0 bridgehead atoms. The molecule has 24 heavy (non-hydrogen) atoms. The largest absolute Gasteiger partial charge is 0.505 e. The van der Waals surface area contributed by atoms with Gasteiger partial charge in [0, 0.05) is 18.1 Å². The van der Waals surface area contributed by atoms with Crippen LogP contribution in [0.15, 0.2) is 12.4 Å². The number of hydrogen-bond acceptors (Lipinski definition) is 7. The number of aromatic nitrogens is 2. The molecule has 0 amide bonds. The van der Waals surface area contributed by atoms with Gasteiger partial charge in [0.2, 0.25) is 5.95 Å². The van der Waals surface area contributed by atoms with Crippen LogP contribution in [0.4, 0.5) is 5.95 Å². The molecule has 0 aliphatic carbocycles. The topological polar surface area (TPSA) is 87.6 Å². The minimum absolute atomic E-state index is 0.0565. The lowest BCUT2D eigenvalue weighted by molar-refractivity contribution is -0.180. The Bertz CT molecular complexity index is 521. The van der Waals surface area contributed by atoms with Crippen molar-refractivity contribution in [3.63, 3.8) is 0 Å². The third-order valence-electron chi connectivity index (χ3n) is 4.77. The Balaban J connectivity index is 2.14. The lowest BCUT2D eigenvalue weighted by Gasteiger charge is -2.51. The zero-order valence-electron chi connectivity index (χ0n) is 14.9. The van der Waals surface area contributed by atoms with Crippen LogP contribution in [0, 0.1) is 0 Å². The molecule has 7 nitrogen and oxygen atoms in total. The second-order valence-corrected chi connectivity index (χ2v) is 6.77. The van der Waals surface area contributed by atoms with Gasteiger partial charge in [-0.2, -0.15) is 0 Å². The molecular weight excluding hydrogens is 308 g/mol. The zero-order valence-corrected chi connectivity index (χ0v) is 14.9. The van der Waals surface area contributed by atoms with Crippen LogP contribution in [-0.4, -0.2) is 50.3 Å². The molecule has 0 spiro atoms. The SMILES string of the molecule is CCC1CC(Nc2ncc(O)cn2)CC(CC)N1C(C)(C)OC=O. The Morgan fingerprint density at radius 2 is 1.83 bits per heavy atom. The zero-order chi connectivity index (χ0) is 17.7. The summed E-state index contributed by atoms with van der Waals surface area (Å²) in [6.45, 7) is 8.74. The summed E-state index contributed by atoms with van der Waals surface area (Å²) in [4.78, 5) is 21.4. The molecule has 1 saturated heterocycles. The smallest absolute Gasteiger partial charge is 0.294 e. The summed E-state index contributed by atoms with van der Waals surface area (Å²) in [7, 11) is 0. The number of carbonyl (C=O) groups excluding carboxylic acids is 1. The summed E-state index contributed by atoms with van der Waals surface area (Å²) in [5.41, 5.74) is -0.622. The van der Waals surface area contributed by atoms with Gasteiger partial charge in [0.1, 0.15) is 0 Å². The number of anilines is 1. The number of hydrogen-bond donors (Lipinski definition) is 2. The van der Waals surface area contributed by atoms with E-state index in [2.05, 4.69) is 34.0 Å². The number of nitrogens with zero attached hydrogens (tertiary/aromatic N) is 3. The summed E-state index contributed by atoms with van der Waals surface area (Å²) >= 11 is 0. The molecule has 0 radical (unpaired) electrons. The van der Waals surface area contributed by atoms with Gasteiger partial charge in [-0.05, 0) is 39.5 Å². The van der Waals surface area contributed by atoms with E-state index in [9.17, 15) is 9.90 Å². The van der Waals surface area contributed by atoms with Gasteiger partial charge in [0.05, 0.1) is 12.4 Å². The molecule has 0 aromatic carbocycles. The first kappa shape index (κ1) is 18.4. The van der Waals surface area contributed by atoms with Crippen LogP contribution in [0.25, 0.3) is 0 Å². The van der Waals surface area contributed by atoms with Crippen molar-refractivity contribution >= 4 is 12.4 Å². The summed E-state index contributed by atoms with van der Waals surface area (Å²) in [6.07, 6.45) is 6.56. The van der Waals surface area contributed by atoms with Crippen molar-refractivity contribution < 1.29 is 14.6 Å². The summed E-state index contributed by atoms with van der Waals surface area (Å²) in [5.74, 6) is 0.584. The summed E-state index contributed by atoms with van der Waals surface area (Å²) in [5, 5.41) is 12.7. The third kappa shape index (κ3) is 4.14. The van der Waals surface area contributed by atoms with Crippen molar-refractivity contribution in [2.75, 3.05) is 5.32 Å². The Morgan fingerprint density at radius 1 is 1.29 bits per heavy atom. The molecule has 1 fully saturated rings. The molecule has 1 aromatic rings. The highest BCUT2D eigenvalue weighted by atomic mass is 16.6. The molecule has 2 heterocycles. The maximum atomic E-state index is 10.9. The van der Waals surface area contributed by atoms with Gasteiger partial charge >= 0.3 is 0 Å². The monoisotopic (exact) mass is 336 g/mol. The lowest BCUT2D eigenvalue weighted by Crippen LogP contribution is -2.61. The summed E-state index contributed by atoms with van der Waals surface area (Å²) < 4.78 is 5.37. The molecule has 134 valence electrons. The maximum absolute atomic E-state index is 10.9. The number of ether oxygens (including phenoxy) is 1. The third-order valence-corrected chi connectivity index (χ3v) is 4.77. The van der Waals surface area contributed by atoms with Crippen LogP contribution in [0.1, 0.15) is 53.4 Å². The number of piperidine rings is 1. The molecule has 2 rings (SSSR count). The first-order chi connectivity index (χ1) is 11.4. The Labute approximate surface area is 143 Å². The van der Waals surface area contributed by atoms with Crippen LogP contribution in [0.3, 0.4) is 0 Å². The molecule has 2 atom stereocenters. The van der Waals surface area contributed by atoms with Crippen molar-refractivity contribution in [1.82, 2.24) is 14.9 Å². The highest BCUT2D eigenvalue weighted by molar-refractivity contribution is 5.38. The van der Waals surface area contributed by atoms with Crippen LogP contribution in [-0.2, 0) is 9.53 Å². The molecule has 0 saturated carbocycles. The van der Waals surface area contributed by atoms with E-state index < -0.39 is 5.72 Å². The van der Waals surface area contributed by atoms with E-state index in [-0.39, 0.29) is 11.8 Å². The van der Waals surface area contributed by atoms with Gasteiger partial charge in [-0.3, -0.25) is 9.69 Å². The number of likely N-dealkylation sites (tertiary alicyclic amines) is 1. The lowest BCUT2D eigenvalue weighted by atomic mass is 9.86. The van der Waals surface area contributed by atoms with E-state index in [1.165, 1.54) is 12.4 Å². The van der Waals surface area contributed by atoms with Crippen molar-refractivity contribution in [3.8, 4) is 5.75 Å². The first-order valence-electron chi connectivity index (χ1n) is 8.58. The molecule has 7 heteroatoms. The first-order valence-corrected chi connectivity index (χ1v) is 8.58. The fourth-order valence-electron chi connectivity index (χ4n) is 3.76. The van der Waals surface area contributed by atoms with Gasteiger partial charge in [-0.25, -0.2) is 9.97 Å². The average Bonchev–Trinajstić information content (AvgIpc) is 2.55. The van der Waals surface area contributed by atoms with E-state index in [1.54, 1.807) is 0 Å². The van der Waals surface area contributed by atoms with Gasteiger partial charge in [0.25, 0.3) is 6.47 Å². The van der Waals surface area contributed by atoms with Gasteiger partial charge in [-0.15, -0.1) is 0 Å². The van der Waals surface area contributed by atoms with Crippen molar-refractivity contribution in [2.45, 2.75) is 77.2 Å². The fraction of sp³-hybridized carbons (Fsp3) is 0.706. The van der Waals surface area contributed by atoms with E-state index in [1.807, 2.05) is 13.8 Å². The summed E-state index contributed by atoms with van der Waals surface area (Å²) in [6, 6.07) is 0.842. The van der Waals surface area contributed by atoms with Crippen LogP contribution >= 0.6 is 0 Å². The van der Waals surface area contributed by atoms with Gasteiger partial charge in [0.15, 0.2) is 11.5 Å². The van der Waals surface area contributed by atoms with Crippen LogP contribution < -0.4 is 5.32 Å². The second-order valence-electron chi connectivity index (χ2n) is 6.77. The molecule has 2 unspecified atom stereocenters. The van der Waals surface area contributed by atoms with E-state index in [0.29, 0.717) is 24.5 Å². The normalized spacial score (nSPS) is 25.2. The quantitative estimate of drug-likeness (QED) is 0.740. The predicted molar refractivity (Wildman–Crippen MR) is 91.6 cm³/mol. The van der Waals surface area contributed by atoms with Crippen molar-refractivity contribution in [2.24, 2.45) is 0 Å². The molecule has 1 aromatic heterocycles. The molecule has 1 aliphatic rings. The Morgan fingerprint density at radius 3 is 2.29 bits per heavy atom. The fourth-order valence-corrected chi connectivity index (χ4v) is 3.76. The van der Waals surface area contributed by atoms with Gasteiger partial charge < -0.3 is 15.2 Å². The standard InChI is InChI=1S/C17H28N4O3/c1-5-13-7-12(20-16-18-9-15(23)10-19-16)8-14(6-2)21(13)17(3,4)24-11-22/h9-14,23H,5-8H2,1-4H3,(H,18,19,20). The van der Waals surface area contributed by atoms with Crippen LogP contribution in [0.2, 0.25) is 0 Å². The Hall–Kier alpha value is -1.89. The van der Waals surface area contributed by atoms with E-state index in [4.69, 9.17) is 4.74 Å². The van der Waals surface area contributed by atoms with E-state index in [0.717, 1.165) is 25.7 Å². The van der Waals surface area contributed by atoms with Crippen molar-refractivity contribution in [3.05, 3.63) is 12.4 Å². The molecule has 2 N–H and O–H groups in total. The van der Waals surface area contributed by atoms with Crippen LogP contribution in [0.5, 0.6) is 5.75 Å². The minimum atomic E-state index is -0.622. The molecular formula is C17H28N4O3. The number of carbonyl (C=O) groups is 1. The second kappa shape index (κ2) is 7.79.